The molecule has 1 aromatic carbocycles. The molecule has 0 amide bonds. The van der Waals surface area contributed by atoms with Crippen LogP contribution in [0, 0.1) is 0 Å². The molecule has 100 valence electrons. The molecule has 20 heavy (non-hydrogen) atoms. The molecule has 0 radical (unpaired) electrons. The number of rotatable bonds is 3. The SMILES string of the molecule is CN(Cc1ccncc1)c1nc(Cl)nc2ccccc12. The fraction of sp³-hybridized carbons (Fsp3) is 0.133. The first-order valence-electron chi connectivity index (χ1n) is 6.26. The van der Waals surface area contributed by atoms with Crippen LogP contribution in [0.25, 0.3) is 10.9 Å². The summed E-state index contributed by atoms with van der Waals surface area (Å²) in [5, 5.41) is 1.26. The predicted molar refractivity (Wildman–Crippen MR) is 80.9 cm³/mol. The van der Waals surface area contributed by atoms with Crippen LogP contribution in [0.3, 0.4) is 0 Å². The van der Waals surface area contributed by atoms with Gasteiger partial charge in [-0.2, -0.15) is 4.98 Å². The molecule has 5 heteroatoms. The van der Waals surface area contributed by atoms with E-state index in [0.29, 0.717) is 0 Å². The molecule has 0 saturated carbocycles. The van der Waals surface area contributed by atoms with Gasteiger partial charge in [-0.05, 0) is 41.4 Å². The Bertz CT molecular complexity index is 730. The lowest BCUT2D eigenvalue weighted by molar-refractivity contribution is 0.897. The van der Waals surface area contributed by atoms with E-state index < -0.39 is 0 Å². The highest BCUT2D eigenvalue weighted by molar-refractivity contribution is 6.28. The van der Waals surface area contributed by atoms with Crippen molar-refractivity contribution in [3.63, 3.8) is 0 Å². The molecule has 0 bridgehead atoms. The molecule has 0 aliphatic rings. The number of pyridine rings is 1. The number of benzene rings is 1. The van der Waals surface area contributed by atoms with E-state index in [2.05, 4.69) is 19.9 Å². The third-order valence-electron chi connectivity index (χ3n) is 3.09. The minimum absolute atomic E-state index is 0.264. The lowest BCUT2D eigenvalue weighted by Gasteiger charge is -2.19. The largest absolute Gasteiger partial charge is 0.355 e. The van der Waals surface area contributed by atoms with Crippen molar-refractivity contribution in [3.8, 4) is 0 Å². The van der Waals surface area contributed by atoms with Gasteiger partial charge in [-0.25, -0.2) is 4.98 Å². The Kier molecular flexibility index (Phi) is 3.48. The minimum atomic E-state index is 0.264. The fourth-order valence-electron chi connectivity index (χ4n) is 2.16. The molecule has 0 atom stereocenters. The number of para-hydroxylation sites is 1. The molecule has 3 rings (SSSR count). The predicted octanol–water partition coefficient (Wildman–Crippen LogP) is 3.31. The molecule has 4 nitrogen and oxygen atoms in total. The normalized spacial score (nSPS) is 10.7. The average Bonchev–Trinajstić information content (AvgIpc) is 2.47. The maximum Gasteiger partial charge on any atom is 0.224 e. The van der Waals surface area contributed by atoms with Crippen LogP contribution in [0.15, 0.2) is 48.8 Å². The van der Waals surface area contributed by atoms with Crippen molar-refractivity contribution < 1.29 is 0 Å². The van der Waals surface area contributed by atoms with Crippen molar-refractivity contribution in [3.05, 3.63) is 59.6 Å². The van der Waals surface area contributed by atoms with Gasteiger partial charge >= 0.3 is 0 Å². The van der Waals surface area contributed by atoms with Crippen molar-refractivity contribution >= 4 is 28.3 Å². The summed E-state index contributed by atoms with van der Waals surface area (Å²) < 4.78 is 0. The highest BCUT2D eigenvalue weighted by Crippen LogP contribution is 2.25. The van der Waals surface area contributed by atoms with Gasteiger partial charge in [0.25, 0.3) is 0 Å². The summed E-state index contributed by atoms with van der Waals surface area (Å²) in [6.07, 6.45) is 3.57. The molecule has 0 aliphatic heterocycles. The molecule has 0 aliphatic carbocycles. The number of hydrogen-bond acceptors (Lipinski definition) is 4. The summed E-state index contributed by atoms with van der Waals surface area (Å²) >= 11 is 6.01. The Balaban J connectivity index is 2.01. The standard InChI is InChI=1S/C15H13ClN4/c1-20(10-11-6-8-17-9-7-11)14-12-4-2-3-5-13(12)18-15(16)19-14/h2-9H,10H2,1H3. The Hall–Kier alpha value is -2.20. The van der Waals surface area contributed by atoms with Gasteiger partial charge in [0.05, 0.1) is 5.52 Å². The number of halogens is 1. The van der Waals surface area contributed by atoms with Crippen LogP contribution in [-0.4, -0.2) is 22.0 Å². The number of hydrogen-bond donors (Lipinski definition) is 0. The summed E-state index contributed by atoms with van der Waals surface area (Å²) in [6.45, 7) is 0.736. The third kappa shape index (κ3) is 2.56. The Morgan fingerprint density at radius 2 is 1.80 bits per heavy atom. The quantitative estimate of drug-likeness (QED) is 0.692. The molecule has 0 unspecified atom stereocenters. The molecule has 0 saturated heterocycles. The van der Waals surface area contributed by atoms with Crippen LogP contribution in [-0.2, 0) is 6.54 Å². The first-order chi connectivity index (χ1) is 9.74. The third-order valence-corrected chi connectivity index (χ3v) is 3.26. The molecule has 3 aromatic rings. The first kappa shape index (κ1) is 12.8. The van der Waals surface area contributed by atoms with Crippen LogP contribution in [0.2, 0.25) is 5.28 Å². The van der Waals surface area contributed by atoms with Crippen molar-refractivity contribution in [2.45, 2.75) is 6.54 Å². The van der Waals surface area contributed by atoms with E-state index in [1.807, 2.05) is 43.4 Å². The molecular weight excluding hydrogens is 272 g/mol. The van der Waals surface area contributed by atoms with E-state index in [-0.39, 0.29) is 5.28 Å². The number of aromatic nitrogens is 3. The lowest BCUT2D eigenvalue weighted by atomic mass is 10.2. The van der Waals surface area contributed by atoms with E-state index >= 15 is 0 Å². The molecule has 0 spiro atoms. The maximum absolute atomic E-state index is 6.01. The number of nitrogens with zero attached hydrogens (tertiary/aromatic N) is 4. The molecule has 2 heterocycles. The zero-order valence-corrected chi connectivity index (χ0v) is 11.7. The summed E-state index contributed by atoms with van der Waals surface area (Å²) in [7, 11) is 1.99. The zero-order valence-electron chi connectivity index (χ0n) is 11.0. The van der Waals surface area contributed by atoms with Crippen molar-refractivity contribution in [1.82, 2.24) is 15.0 Å². The topological polar surface area (TPSA) is 41.9 Å². The average molecular weight is 285 g/mol. The van der Waals surface area contributed by atoms with Crippen LogP contribution in [0.1, 0.15) is 5.56 Å². The van der Waals surface area contributed by atoms with E-state index in [9.17, 15) is 0 Å². The van der Waals surface area contributed by atoms with Crippen LogP contribution in [0.4, 0.5) is 5.82 Å². The van der Waals surface area contributed by atoms with Crippen LogP contribution in [0.5, 0.6) is 0 Å². The summed E-state index contributed by atoms with van der Waals surface area (Å²) in [6, 6.07) is 11.8. The molecule has 0 fully saturated rings. The van der Waals surface area contributed by atoms with Gasteiger partial charge < -0.3 is 4.90 Å². The smallest absolute Gasteiger partial charge is 0.224 e. The van der Waals surface area contributed by atoms with E-state index in [0.717, 1.165) is 23.3 Å². The molecule has 0 N–H and O–H groups in total. The Morgan fingerprint density at radius 1 is 1.05 bits per heavy atom. The van der Waals surface area contributed by atoms with Crippen LogP contribution >= 0.6 is 11.6 Å². The van der Waals surface area contributed by atoms with Crippen molar-refractivity contribution in [1.29, 1.82) is 0 Å². The second-order valence-electron chi connectivity index (χ2n) is 4.54. The van der Waals surface area contributed by atoms with Gasteiger partial charge in [-0.1, -0.05) is 12.1 Å². The second kappa shape index (κ2) is 5.43. The Labute approximate surface area is 122 Å². The molecule has 2 aromatic heterocycles. The highest BCUT2D eigenvalue weighted by atomic mass is 35.5. The number of anilines is 1. The first-order valence-corrected chi connectivity index (χ1v) is 6.64. The lowest BCUT2D eigenvalue weighted by Crippen LogP contribution is -2.18. The second-order valence-corrected chi connectivity index (χ2v) is 4.88. The van der Waals surface area contributed by atoms with Crippen LogP contribution < -0.4 is 4.90 Å². The monoisotopic (exact) mass is 284 g/mol. The van der Waals surface area contributed by atoms with Gasteiger partial charge in [-0.3, -0.25) is 4.98 Å². The van der Waals surface area contributed by atoms with E-state index in [1.165, 1.54) is 5.56 Å². The Morgan fingerprint density at radius 3 is 2.60 bits per heavy atom. The summed E-state index contributed by atoms with van der Waals surface area (Å²) in [4.78, 5) is 14.7. The van der Waals surface area contributed by atoms with Gasteiger partial charge in [0.15, 0.2) is 0 Å². The zero-order chi connectivity index (χ0) is 13.9. The van der Waals surface area contributed by atoms with Gasteiger partial charge in [0.2, 0.25) is 5.28 Å². The van der Waals surface area contributed by atoms with Gasteiger partial charge in [-0.15, -0.1) is 0 Å². The maximum atomic E-state index is 6.01. The minimum Gasteiger partial charge on any atom is -0.355 e. The van der Waals surface area contributed by atoms with Crippen molar-refractivity contribution in [2.75, 3.05) is 11.9 Å². The molecular formula is C15H13ClN4. The van der Waals surface area contributed by atoms with E-state index in [1.54, 1.807) is 12.4 Å². The summed E-state index contributed by atoms with van der Waals surface area (Å²) in [5.41, 5.74) is 2.02. The fourth-order valence-corrected chi connectivity index (χ4v) is 2.33. The van der Waals surface area contributed by atoms with Gasteiger partial charge in [0.1, 0.15) is 5.82 Å². The summed E-state index contributed by atoms with van der Waals surface area (Å²) in [5.74, 6) is 0.831. The van der Waals surface area contributed by atoms with Crippen molar-refractivity contribution in [2.24, 2.45) is 0 Å². The number of fused-ring (bicyclic) bond motifs is 1. The highest BCUT2D eigenvalue weighted by Gasteiger charge is 2.10. The van der Waals surface area contributed by atoms with E-state index in [4.69, 9.17) is 11.6 Å². The van der Waals surface area contributed by atoms with Gasteiger partial charge in [0, 0.05) is 31.4 Å².